The predicted molar refractivity (Wildman–Crippen MR) is 88.2 cm³/mol. The molecule has 2 unspecified atom stereocenters. The van der Waals surface area contributed by atoms with Crippen LogP contribution in [0.3, 0.4) is 0 Å². The van der Waals surface area contributed by atoms with E-state index < -0.39 is 0 Å². The summed E-state index contributed by atoms with van der Waals surface area (Å²) in [6.07, 6.45) is 12.5. The molecule has 0 aromatic carbocycles. The maximum atomic E-state index is 5.57. The molecule has 0 bridgehead atoms. The first-order valence-electron chi connectivity index (χ1n) is 8.85. The first-order valence-corrected chi connectivity index (χ1v) is 8.85. The molecule has 0 aromatic rings. The van der Waals surface area contributed by atoms with Crippen LogP contribution in [0.5, 0.6) is 0 Å². The minimum Gasteiger partial charge on any atom is -0.381 e. The van der Waals surface area contributed by atoms with E-state index in [1.165, 1.54) is 57.8 Å². The van der Waals surface area contributed by atoms with Gasteiger partial charge in [-0.2, -0.15) is 0 Å². The molecule has 0 spiro atoms. The Kier molecular flexibility index (Phi) is 8.13. The topological polar surface area (TPSA) is 21.3 Å². The lowest BCUT2D eigenvalue weighted by atomic mass is 9.64. The molecule has 1 aliphatic rings. The van der Waals surface area contributed by atoms with Crippen molar-refractivity contribution in [2.24, 2.45) is 5.41 Å². The number of nitrogens with one attached hydrogen (secondary N) is 1. The molecule has 0 aliphatic heterocycles. The molecule has 0 aromatic heterocycles. The summed E-state index contributed by atoms with van der Waals surface area (Å²) in [5.41, 5.74) is 0.294. The summed E-state index contributed by atoms with van der Waals surface area (Å²) in [7, 11) is 1.85. The van der Waals surface area contributed by atoms with E-state index in [4.69, 9.17) is 4.74 Å². The number of unbranched alkanes of at least 4 members (excludes halogenated alkanes) is 4. The van der Waals surface area contributed by atoms with Crippen LogP contribution >= 0.6 is 0 Å². The molecule has 120 valence electrons. The van der Waals surface area contributed by atoms with Gasteiger partial charge in [0.2, 0.25) is 0 Å². The maximum absolute atomic E-state index is 5.57. The average molecular weight is 284 g/mol. The lowest BCUT2D eigenvalue weighted by molar-refractivity contribution is -0.101. The minimum atomic E-state index is 0.294. The van der Waals surface area contributed by atoms with Gasteiger partial charge < -0.3 is 10.1 Å². The Balaban J connectivity index is 2.39. The van der Waals surface area contributed by atoms with Crippen LogP contribution in [0.15, 0.2) is 0 Å². The quantitative estimate of drug-likeness (QED) is 0.543. The van der Waals surface area contributed by atoms with Crippen LogP contribution in [0.25, 0.3) is 0 Å². The molecule has 0 heterocycles. The van der Waals surface area contributed by atoms with Crippen molar-refractivity contribution >= 4 is 0 Å². The largest absolute Gasteiger partial charge is 0.381 e. The first-order chi connectivity index (χ1) is 9.56. The zero-order valence-electron chi connectivity index (χ0n) is 14.5. The van der Waals surface area contributed by atoms with Gasteiger partial charge in [-0.15, -0.1) is 0 Å². The fourth-order valence-electron chi connectivity index (χ4n) is 3.45. The number of ether oxygens (including phenoxy) is 1. The molecule has 0 radical (unpaired) electrons. The highest BCUT2D eigenvalue weighted by molar-refractivity contribution is 5.03. The lowest BCUT2D eigenvalue weighted by Gasteiger charge is -2.52. The van der Waals surface area contributed by atoms with E-state index in [2.05, 4.69) is 33.0 Å². The van der Waals surface area contributed by atoms with Crippen LogP contribution in [0, 0.1) is 5.41 Å². The summed E-state index contributed by atoms with van der Waals surface area (Å²) in [5.74, 6) is 0. The SMILES string of the molecule is CCCCCC(CCCCC)NC1CC(OC)C1(C)C. The molecule has 0 saturated heterocycles. The van der Waals surface area contributed by atoms with E-state index in [9.17, 15) is 0 Å². The molecule has 2 heteroatoms. The molecule has 1 saturated carbocycles. The molecule has 2 atom stereocenters. The normalized spacial score (nSPS) is 24.9. The van der Waals surface area contributed by atoms with Crippen LogP contribution in [0.2, 0.25) is 0 Å². The molecular weight excluding hydrogens is 246 g/mol. The highest BCUT2D eigenvalue weighted by Crippen LogP contribution is 2.42. The summed E-state index contributed by atoms with van der Waals surface area (Å²) >= 11 is 0. The van der Waals surface area contributed by atoms with Gasteiger partial charge in [0, 0.05) is 24.6 Å². The maximum Gasteiger partial charge on any atom is 0.0652 e. The minimum absolute atomic E-state index is 0.294. The van der Waals surface area contributed by atoms with E-state index in [1.54, 1.807) is 0 Å². The van der Waals surface area contributed by atoms with Crippen molar-refractivity contribution in [3.63, 3.8) is 0 Å². The van der Waals surface area contributed by atoms with Crippen molar-refractivity contribution < 1.29 is 4.74 Å². The monoisotopic (exact) mass is 283 g/mol. The van der Waals surface area contributed by atoms with E-state index in [-0.39, 0.29) is 0 Å². The smallest absolute Gasteiger partial charge is 0.0652 e. The Labute approximate surface area is 127 Å². The van der Waals surface area contributed by atoms with E-state index in [0.717, 1.165) is 6.04 Å². The first kappa shape index (κ1) is 18.0. The van der Waals surface area contributed by atoms with Gasteiger partial charge in [0.15, 0.2) is 0 Å². The van der Waals surface area contributed by atoms with Gasteiger partial charge in [0.25, 0.3) is 0 Å². The molecule has 1 fully saturated rings. The highest BCUT2D eigenvalue weighted by Gasteiger charge is 2.48. The standard InChI is InChI=1S/C18H37NO/c1-6-8-10-12-15(13-11-9-7-2)19-16-14-17(20-5)18(16,3)4/h15-17,19H,6-14H2,1-5H3. The summed E-state index contributed by atoms with van der Waals surface area (Å²) < 4.78 is 5.57. The molecular formula is C18H37NO. The molecule has 0 amide bonds. The third-order valence-corrected chi connectivity index (χ3v) is 5.21. The molecule has 20 heavy (non-hydrogen) atoms. The second-order valence-corrected chi connectivity index (χ2v) is 7.19. The van der Waals surface area contributed by atoms with Crippen LogP contribution in [-0.4, -0.2) is 25.3 Å². The van der Waals surface area contributed by atoms with E-state index >= 15 is 0 Å². The fraction of sp³-hybridized carbons (Fsp3) is 1.00. The summed E-state index contributed by atoms with van der Waals surface area (Å²) in [6.45, 7) is 9.27. The van der Waals surface area contributed by atoms with Crippen LogP contribution in [-0.2, 0) is 4.74 Å². The Morgan fingerprint density at radius 3 is 2.00 bits per heavy atom. The van der Waals surface area contributed by atoms with E-state index in [1.807, 2.05) is 7.11 Å². The van der Waals surface area contributed by atoms with Gasteiger partial charge in [0.1, 0.15) is 0 Å². The second-order valence-electron chi connectivity index (χ2n) is 7.19. The van der Waals surface area contributed by atoms with Crippen LogP contribution < -0.4 is 5.32 Å². The van der Waals surface area contributed by atoms with Gasteiger partial charge in [-0.3, -0.25) is 0 Å². The molecule has 1 aliphatic carbocycles. The third kappa shape index (κ3) is 5.04. The number of hydrogen-bond acceptors (Lipinski definition) is 2. The Morgan fingerprint density at radius 1 is 1.05 bits per heavy atom. The Bertz CT molecular complexity index is 242. The number of hydrogen-bond donors (Lipinski definition) is 1. The molecule has 2 nitrogen and oxygen atoms in total. The number of methoxy groups -OCH3 is 1. The zero-order chi connectivity index (χ0) is 15.0. The number of rotatable bonds is 11. The zero-order valence-corrected chi connectivity index (χ0v) is 14.5. The van der Waals surface area contributed by atoms with Gasteiger partial charge in [-0.05, 0) is 19.3 Å². The van der Waals surface area contributed by atoms with Crippen molar-refractivity contribution in [3.05, 3.63) is 0 Å². The summed E-state index contributed by atoms with van der Waals surface area (Å²) in [6, 6.07) is 1.36. The van der Waals surface area contributed by atoms with Gasteiger partial charge in [0.05, 0.1) is 6.10 Å². The summed E-state index contributed by atoms with van der Waals surface area (Å²) in [5, 5.41) is 3.95. The lowest BCUT2D eigenvalue weighted by Crippen LogP contribution is -2.62. The highest BCUT2D eigenvalue weighted by atomic mass is 16.5. The molecule has 1 N–H and O–H groups in total. The van der Waals surface area contributed by atoms with Crippen molar-refractivity contribution in [1.29, 1.82) is 0 Å². The van der Waals surface area contributed by atoms with Crippen molar-refractivity contribution in [1.82, 2.24) is 5.32 Å². The Morgan fingerprint density at radius 2 is 1.60 bits per heavy atom. The van der Waals surface area contributed by atoms with Crippen LogP contribution in [0.4, 0.5) is 0 Å². The summed E-state index contributed by atoms with van der Waals surface area (Å²) in [4.78, 5) is 0. The van der Waals surface area contributed by atoms with Crippen molar-refractivity contribution in [2.45, 2.75) is 104 Å². The van der Waals surface area contributed by atoms with Crippen LogP contribution in [0.1, 0.15) is 85.5 Å². The van der Waals surface area contributed by atoms with Gasteiger partial charge in [-0.1, -0.05) is 66.2 Å². The van der Waals surface area contributed by atoms with Crippen molar-refractivity contribution in [3.8, 4) is 0 Å². The van der Waals surface area contributed by atoms with E-state index in [0.29, 0.717) is 17.6 Å². The predicted octanol–water partition coefficient (Wildman–Crippen LogP) is 4.92. The van der Waals surface area contributed by atoms with Gasteiger partial charge in [-0.25, -0.2) is 0 Å². The molecule has 1 rings (SSSR count). The Hall–Kier alpha value is -0.0800. The fourth-order valence-corrected chi connectivity index (χ4v) is 3.45. The second kappa shape index (κ2) is 9.04. The van der Waals surface area contributed by atoms with Gasteiger partial charge >= 0.3 is 0 Å². The third-order valence-electron chi connectivity index (χ3n) is 5.21. The average Bonchev–Trinajstić information content (AvgIpc) is 2.42. The van der Waals surface area contributed by atoms with Crippen molar-refractivity contribution in [2.75, 3.05) is 7.11 Å².